The Labute approximate surface area is 173 Å². The maximum atomic E-state index is 13.2. The van der Waals surface area contributed by atoms with E-state index in [0.29, 0.717) is 22.8 Å². The number of nitrogens with one attached hydrogen (secondary N) is 2. The summed E-state index contributed by atoms with van der Waals surface area (Å²) >= 11 is 1.50. The van der Waals surface area contributed by atoms with Crippen LogP contribution < -0.4 is 10.6 Å². The fourth-order valence-electron chi connectivity index (χ4n) is 3.34. The number of hydrogen-bond acceptors (Lipinski definition) is 5. The lowest BCUT2D eigenvalue weighted by atomic mass is 9.96. The van der Waals surface area contributed by atoms with Crippen molar-refractivity contribution in [2.75, 3.05) is 30.8 Å². The summed E-state index contributed by atoms with van der Waals surface area (Å²) in [4.78, 5) is 27.3. The van der Waals surface area contributed by atoms with Gasteiger partial charge in [0.2, 0.25) is 11.8 Å². The monoisotopic (exact) mass is 414 g/mol. The zero-order valence-corrected chi connectivity index (χ0v) is 17.1. The molecular formula is C21H23FN4O2S. The lowest BCUT2D eigenvalue weighted by Crippen LogP contribution is -2.32. The second kappa shape index (κ2) is 9.63. The molecule has 2 aromatic rings. The minimum atomic E-state index is -0.417. The molecule has 152 valence electrons. The van der Waals surface area contributed by atoms with E-state index >= 15 is 0 Å². The highest BCUT2D eigenvalue weighted by Gasteiger charge is 2.21. The van der Waals surface area contributed by atoms with Gasteiger partial charge in [0.05, 0.1) is 12.1 Å². The first-order valence-electron chi connectivity index (χ1n) is 9.54. The maximum absolute atomic E-state index is 13.2. The van der Waals surface area contributed by atoms with Crippen LogP contribution in [0.2, 0.25) is 0 Å². The zero-order chi connectivity index (χ0) is 20.8. The normalized spacial score (nSPS) is 12.9. The maximum Gasteiger partial charge on any atom is 0.238 e. The molecule has 2 amide bonds. The Morgan fingerprint density at radius 1 is 1.24 bits per heavy atom. The van der Waals surface area contributed by atoms with Gasteiger partial charge in [-0.25, -0.2) is 4.39 Å². The molecule has 8 heteroatoms. The van der Waals surface area contributed by atoms with Gasteiger partial charge in [0.25, 0.3) is 0 Å². The van der Waals surface area contributed by atoms with Gasteiger partial charge in [-0.05, 0) is 56.5 Å². The number of thiophene rings is 1. The molecule has 0 saturated carbocycles. The first-order chi connectivity index (χ1) is 14.0. The molecule has 0 saturated heterocycles. The van der Waals surface area contributed by atoms with Gasteiger partial charge in [-0.3, -0.25) is 14.5 Å². The second-order valence-corrected chi connectivity index (χ2v) is 8.23. The first-order valence-corrected chi connectivity index (χ1v) is 10.4. The molecule has 2 N–H and O–H groups in total. The van der Waals surface area contributed by atoms with Crippen LogP contribution in [-0.4, -0.2) is 36.9 Å². The minimum absolute atomic E-state index is 0.0839. The molecule has 0 spiro atoms. The van der Waals surface area contributed by atoms with E-state index in [9.17, 15) is 19.2 Å². The Kier molecular flexibility index (Phi) is 6.96. The fraction of sp³-hybridized carbons (Fsp3) is 0.381. The van der Waals surface area contributed by atoms with Gasteiger partial charge in [-0.2, -0.15) is 5.26 Å². The Morgan fingerprint density at radius 2 is 2.03 bits per heavy atom. The van der Waals surface area contributed by atoms with Crippen molar-refractivity contribution in [3.05, 3.63) is 46.1 Å². The molecule has 0 radical (unpaired) electrons. The Balaban J connectivity index is 1.47. The number of halogens is 1. The molecule has 1 heterocycles. The number of benzene rings is 1. The SMILES string of the molecule is CN(CCC(=O)Nc1sc2c(c1C#N)CCCC2)CC(=O)Nc1cccc(F)c1. The summed E-state index contributed by atoms with van der Waals surface area (Å²) in [5, 5.41) is 15.6. The van der Waals surface area contributed by atoms with Crippen LogP contribution in [0.1, 0.15) is 35.3 Å². The van der Waals surface area contributed by atoms with Crippen molar-refractivity contribution in [1.29, 1.82) is 5.26 Å². The number of carbonyl (C=O) groups excluding carboxylic acids is 2. The van der Waals surface area contributed by atoms with Crippen LogP contribution in [0.5, 0.6) is 0 Å². The van der Waals surface area contributed by atoms with Crippen LogP contribution in [0.25, 0.3) is 0 Å². The average Bonchev–Trinajstić information content (AvgIpc) is 3.03. The van der Waals surface area contributed by atoms with E-state index < -0.39 is 5.82 Å². The number of rotatable bonds is 7. The summed E-state index contributed by atoms with van der Waals surface area (Å²) in [6.07, 6.45) is 4.27. The van der Waals surface area contributed by atoms with Gasteiger partial charge in [-0.1, -0.05) is 6.07 Å². The highest BCUT2D eigenvalue weighted by atomic mass is 32.1. The van der Waals surface area contributed by atoms with Gasteiger partial charge in [0, 0.05) is 23.5 Å². The van der Waals surface area contributed by atoms with Crippen molar-refractivity contribution in [3.63, 3.8) is 0 Å². The second-order valence-electron chi connectivity index (χ2n) is 7.12. The van der Waals surface area contributed by atoms with Crippen LogP contribution in [0.4, 0.5) is 15.1 Å². The number of aryl methyl sites for hydroxylation is 1. The molecule has 0 bridgehead atoms. The largest absolute Gasteiger partial charge is 0.325 e. The third-order valence-corrected chi connectivity index (χ3v) is 5.99. The van der Waals surface area contributed by atoms with Crippen molar-refractivity contribution in [2.24, 2.45) is 0 Å². The lowest BCUT2D eigenvalue weighted by Gasteiger charge is -2.16. The molecule has 1 aliphatic rings. The molecule has 1 aromatic carbocycles. The van der Waals surface area contributed by atoms with E-state index in [4.69, 9.17) is 0 Å². The number of hydrogen-bond donors (Lipinski definition) is 2. The number of fused-ring (bicyclic) bond motifs is 1. The molecule has 0 fully saturated rings. The molecule has 6 nitrogen and oxygen atoms in total. The molecule has 0 atom stereocenters. The van der Waals surface area contributed by atoms with E-state index in [1.54, 1.807) is 18.0 Å². The standard InChI is InChI=1S/C21H23FN4O2S/c1-26(13-20(28)24-15-6-4-5-14(22)11-15)10-9-19(27)25-21-17(12-23)16-7-2-3-8-18(16)29-21/h4-6,11H,2-3,7-10,13H2,1H3,(H,24,28)(H,25,27). The van der Waals surface area contributed by atoms with Gasteiger partial charge in [-0.15, -0.1) is 11.3 Å². The van der Waals surface area contributed by atoms with E-state index in [2.05, 4.69) is 16.7 Å². The molecule has 0 aliphatic heterocycles. The molecule has 1 aliphatic carbocycles. The van der Waals surface area contributed by atoms with E-state index in [1.165, 1.54) is 34.4 Å². The average molecular weight is 415 g/mol. The third kappa shape index (κ3) is 5.62. The van der Waals surface area contributed by atoms with Gasteiger partial charge >= 0.3 is 0 Å². The molecule has 1 aromatic heterocycles. The Morgan fingerprint density at radius 3 is 2.79 bits per heavy atom. The fourth-order valence-corrected chi connectivity index (χ4v) is 4.60. The van der Waals surface area contributed by atoms with Gasteiger partial charge < -0.3 is 10.6 Å². The number of amides is 2. The summed E-state index contributed by atoms with van der Waals surface area (Å²) in [6, 6.07) is 7.93. The van der Waals surface area contributed by atoms with Crippen molar-refractivity contribution >= 4 is 33.8 Å². The predicted molar refractivity (Wildman–Crippen MR) is 111 cm³/mol. The van der Waals surface area contributed by atoms with Gasteiger partial charge in [0.15, 0.2) is 0 Å². The summed E-state index contributed by atoms with van der Waals surface area (Å²) in [5.74, 6) is -0.881. The Hall–Kier alpha value is -2.76. The van der Waals surface area contributed by atoms with Crippen LogP contribution in [0.3, 0.4) is 0 Å². The third-order valence-electron chi connectivity index (χ3n) is 4.78. The zero-order valence-electron chi connectivity index (χ0n) is 16.3. The quantitative estimate of drug-likeness (QED) is 0.726. The van der Waals surface area contributed by atoms with E-state index in [1.807, 2.05) is 0 Å². The van der Waals surface area contributed by atoms with Gasteiger partial charge in [0.1, 0.15) is 16.9 Å². The van der Waals surface area contributed by atoms with Crippen LogP contribution in [0.15, 0.2) is 24.3 Å². The minimum Gasteiger partial charge on any atom is -0.325 e. The summed E-state index contributed by atoms with van der Waals surface area (Å²) in [5.41, 5.74) is 2.08. The van der Waals surface area contributed by atoms with E-state index in [-0.39, 0.29) is 24.8 Å². The number of nitrogens with zero attached hydrogens (tertiary/aromatic N) is 2. The number of anilines is 2. The smallest absolute Gasteiger partial charge is 0.238 e. The topological polar surface area (TPSA) is 85.2 Å². The van der Waals surface area contributed by atoms with Crippen molar-refractivity contribution in [3.8, 4) is 6.07 Å². The lowest BCUT2D eigenvalue weighted by molar-refractivity contribution is -0.119. The van der Waals surface area contributed by atoms with Crippen molar-refractivity contribution in [2.45, 2.75) is 32.1 Å². The number of nitriles is 1. The summed E-state index contributed by atoms with van der Waals surface area (Å²) < 4.78 is 13.2. The highest BCUT2D eigenvalue weighted by molar-refractivity contribution is 7.16. The number of carbonyl (C=O) groups is 2. The molecule has 3 rings (SSSR count). The van der Waals surface area contributed by atoms with Crippen LogP contribution >= 0.6 is 11.3 Å². The number of likely N-dealkylation sites (N-methyl/N-ethyl adjacent to an activating group) is 1. The molecule has 0 unspecified atom stereocenters. The van der Waals surface area contributed by atoms with E-state index in [0.717, 1.165) is 31.2 Å². The summed E-state index contributed by atoms with van der Waals surface area (Å²) in [7, 11) is 1.74. The summed E-state index contributed by atoms with van der Waals surface area (Å²) in [6.45, 7) is 0.468. The Bertz CT molecular complexity index is 951. The van der Waals surface area contributed by atoms with Crippen molar-refractivity contribution in [1.82, 2.24) is 4.90 Å². The van der Waals surface area contributed by atoms with Crippen LogP contribution in [-0.2, 0) is 22.4 Å². The molecule has 29 heavy (non-hydrogen) atoms. The first kappa shape index (κ1) is 21.0. The predicted octanol–water partition coefficient (Wildman–Crippen LogP) is 3.54. The van der Waals surface area contributed by atoms with Crippen molar-refractivity contribution < 1.29 is 14.0 Å². The molecular weight excluding hydrogens is 391 g/mol. The van der Waals surface area contributed by atoms with Crippen LogP contribution in [0, 0.1) is 17.1 Å². The highest BCUT2D eigenvalue weighted by Crippen LogP contribution is 2.37.